The summed E-state index contributed by atoms with van der Waals surface area (Å²) in [5.41, 5.74) is 0.902. The van der Waals surface area contributed by atoms with Crippen molar-refractivity contribution in [3.05, 3.63) is 40.2 Å². The third-order valence-corrected chi connectivity index (χ3v) is 2.96. The number of rotatable bonds is 4. The van der Waals surface area contributed by atoms with Crippen LogP contribution < -0.4 is 15.7 Å². The van der Waals surface area contributed by atoms with Gasteiger partial charge in [-0.2, -0.15) is 0 Å². The third kappa shape index (κ3) is 2.99. The van der Waals surface area contributed by atoms with Crippen molar-refractivity contribution in [3.63, 3.8) is 0 Å². The van der Waals surface area contributed by atoms with Crippen LogP contribution in [0.4, 0.5) is 0 Å². The van der Waals surface area contributed by atoms with E-state index in [0.29, 0.717) is 17.9 Å². The maximum absolute atomic E-state index is 11.6. The van der Waals surface area contributed by atoms with Crippen LogP contribution in [0.15, 0.2) is 33.5 Å². The number of carbonyl (C=O) groups excluding carboxylic acids is 1. The Morgan fingerprint density at radius 3 is 2.85 bits per heavy atom. The first-order valence-electron chi connectivity index (χ1n) is 6.50. The molecule has 1 amide bonds. The monoisotopic (exact) mass is 275 g/mol. The zero-order valence-electron chi connectivity index (χ0n) is 11.7. The van der Waals surface area contributed by atoms with Gasteiger partial charge in [-0.05, 0) is 38.5 Å². The maximum Gasteiger partial charge on any atom is 0.336 e. The van der Waals surface area contributed by atoms with E-state index < -0.39 is 11.7 Å². The number of nitrogens with one attached hydrogen (secondary N) is 1. The molecule has 2 aromatic rings. The Kier molecular flexibility index (Phi) is 4.08. The molecule has 1 N–H and O–H groups in total. The lowest BCUT2D eigenvalue weighted by atomic mass is 10.1. The fourth-order valence-corrected chi connectivity index (χ4v) is 1.95. The molecule has 5 nitrogen and oxygen atoms in total. The lowest BCUT2D eigenvalue weighted by Gasteiger charge is -2.14. The smallest absolute Gasteiger partial charge is 0.336 e. The van der Waals surface area contributed by atoms with Crippen LogP contribution in [0.5, 0.6) is 5.75 Å². The highest BCUT2D eigenvalue weighted by Gasteiger charge is 2.14. The Labute approximate surface area is 116 Å². The fourth-order valence-electron chi connectivity index (χ4n) is 1.95. The average molecular weight is 275 g/mol. The second kappa shape index (κ2) is 5.77. The van der Waals surface area contributed by atoms with E-state index in [0.717, 1.165) is 10.9 Å². The number of benzene rings is 1. The Morgan fingerprint density at radius 2 is 2.15 bits per heavy atom. The molecule has 2 rings (SSSR count). The summed E-state index contributed by atoms with van der Waals surface area (Å²) in [6, 6.07) is 6.64. The van der Waals surface area contributed by atoms with E-state index in [2.05, 4.69) is 5.32 Å². The second-order valence-electron chi connectivity index (χ2n) is 4.56. The van der Waals surface area contributed by atoms with Gasteiger partial charge in [0.1, 0.15) is 11.3 Å². The molecular formula is C15H17NO4. The first-order chi connectivity index (χ1) is 9.51. The standard InChI is InChI=1S/C15H17NO4/c1-4-16-15(18)10(3)19-11-5-6-12-9(2)7-14(17)20-13(12)8-11/h5-8,10H,4H2,1-3H3,(H,16,18)/t10-/m0/s1. The Hall–Kier alpha value is -2.30. The number of ether oxygens (including phenoxy) is 1. The number of fused-ring (bicyclic) bond motifs is 1. The van der Waals surface area contributed by atoms with Crippen LogP contribution in [0.1, 0.15) is 19.4 Å². The Bertz CT molecular complexity index is 690. The number of likely N-dealkylation sites (N-methyl/N-ethyl adjacent to an activating group) is 1. The molecule has 0 unspecified atom stereocenters. The molecule has 0 bridgehead atoms. The highest BCUT2D eigenvalue weighted by atomic mass is 16.5. The summed E-state index contributed by atoms with van der Waals surface area (Å²) >= 11 is 0. The van der Waals surface area contributed by atoms with Crippen molar-refractivity contribution in [3.8, 4) is 5.75 Å². The summed E-state index contributed by atoms with van der Waals surface area (Å²) in [5.74, 6) is 0.309. The van der Waals surface area contributed by atoms with E-state index in [9.17, 15) is 9.59 Å². The number of hydrogen-bond donors (Lipinski definition) is 1. The zero-order valence-corrected chi connectivity index (χ0v) is 11.7. The van der Waals surface area contributed by atoms with Gasteiger partial charge in [-0.3, -0.25) is 4.79 Å². The van der Waals surface area contributed by atoms with Gasteiger partial charge in [0.05, 0.1) is 0 Å². The summed E-state index contributed by atoms with van der Waals surface area (Å²) in [7, 11) is 0. The molecule has 0 fully saturated rings. The predicted octanol–water partition coefficient (Wildman–Crippen LogP) is 2.00. The lowest BCUT2D eigenvalue weighted by Crippen LogP contribution is -2.36. The van der Waals surface area contributed by atoms with E-state index in [4.69, 9.17) is 9.15 Å². The molecule has 0 radical (unpaired) electrons. The van der Waals surface area contributed by atoms with Crippen molar-refractivity contribution < 1.29 is 13.9 Å². The SMILES string of the molecule is CCNC(=O)[C@H](C)Oc1ccc2c(C)cc(=O)oc2c1. The average Bonchev–Trinajstić information content (AvgIpc) is 2.38. The molecule has 0 saturated heterocycles. The topological polar surface area (TPSA) is 68.5 Å². The fraction of sp³-hybridized carbons (Fsp3) is 0.333. The molecule has 106 valence electrons. The first-order valence-corrected chi connectivity index (χ1v) is 6.50. The van der Waals surface area contributed by atoms with Gasteiger partial charge >= 0.3 is 5.63 Å². The van der Waals surface area contributed by atoms with Gasteiger partial charge in [-0.1, -0.05) is 0 Å². The maximum atomic E-state index is 11.6. The highest BCUT2D eigenvalue weighted by Crippen LogP contribution is 2.22. The number of hydrogen-bond acceptors (Lipinski definition) is 4. The van der Waals surface area contributed by atoms with Crippen molar-refractivity contribution in [1.29, 1.82) is 0 Å². The van der Waals surface area contributed by atoms with Crippen molar-refractivity contribution in [2.45, 2.75) is 26.9 Å². The van der Waals surface area contributed by atoms with Crippen LogP contribution >= 0.6 is 0 Å². The van der Waals surface area contributed by atoms with E-state index in [1.165, 1.54) is 6.07 Å². The van der Waals surface area contributed by atoms with E-state index >= 15 is 0 Å². The number of carbonyl (C=O) groups is 1. The minimum Gasteiger partial charge on any atom is -0.481 e. The van der Waals surface area contributed by atoms with E-state index in [-0.39, 0.29) is 5.91 Å². The summed E-state index contributed by atoms with van der Waals surface area (Å²) in [6.07, 6.45) is -0.607. The molecule has 1 aromatic heterocycles. The number of aryl methyl sites for hydroxylation is 1. The first kappa shape index (κ1) is 14.1. The molecule has 0 spiro atoms. The summed E-state index contributed by atoms with van der Waals surface area (Å²) in [4.78, 5) is 23.0. The Balaban J connectivity index is 2.28. The molecule has 0 aliphatic rings. The molecule has 0 aliphatic heterocycles. The van der Waals surface area contributed by atoms with Gasteiger partial charge in [-0.15, -0.1) is 0 Å². The molecule has 20 heavy (non-hydrogen) atoms. The van der Waals surface area contributed by atoms with Crippen LogP contribution in [-0.2, 0) is 4.79 Å². The van der Waals surface area contributed by atoms with Gasteiger partial charge in [0, 0.05) is 24.1 Å². The second-order valence-corrected chi connectivity index (χ2v) is 4.56. The summed E-state index contributed by atoms with van der Waals surface area (Å²) < 4.78 is 10.7. The summed E-state index contributed by atoms with van der Waals surface area (Å²) in [5, 5.41) is 3.53. The van der Waals surface area contributed by atoms with Crippen LogP contribution in [0.2, 0.25) is 0 Å². The van der Waals surface area contributed by atoms with Crippen molar-refractivity contribution in [2.24, 2.45) is 0 Å². The molecule has 0 aliphatic carbocycles. The Morgan fingerprint density at radius 1 is 1.40 bits per heavy atom. The van der Waals surface area contributed by atoms with Gasteiger partial charge in [0.2, 0.25) is 0 Å². The van der Waals surface area contributed by atoms with Gasteiger partial charge in [-0.25, -0.2) is 4.79 Å². The molecule has 5 heteroatoms. The zero-order chi connectivity index (χ0) is 14.7. The number of amides is 1. The molecule has 1 aromatic carbocycles. The predicted molar refractivity (Wildman–Crippen MR) is 76.0 cm³/mol. The van der Waals surface area contributed by atoms with Crippen molar-refractivity contribution in [1.82, 2.24) is 5.32 Å². The largest absolute Gasteiger partial charge is 0.481 e. The van der Waals surface area contributed by atoms with Crippen LogP contribution in [0, 0.1) is 6.92 Å². The van der Waals surface area contributed by atoms with E-state index in [1.54, 1.807) is 19.1 Å². The minimum atomic E-state index is -0.607. The van der Waals surface area contributed by atoms with Crippen molar-refractivity contribution in [2.75, 3.05) is 6.54 Å². The minimum absolute atomic E-state index is 0.182. The van der Waals surface area contributed by atoms with Gasteiger partial charge in [0.15, 0.2) is 6.10 Å². The molecule has 0 saturated carbocycles. The van der Waals surface area contributed by atoms with Crippen LogP contribution in [0.3, 0.4) is 0 Å². The normalized spacial score (nSPS) is 12.2. The van der Waals surface area contributed by atoms with Crippen molar-refractivity contribution >= 4 is 16.9 Å². The molecule has 1 heterocycles. The van der Waals surface area contributed by atoms with E-state index in [1.807, 2.05) is 19.9 Å². The van der Waals surface area contributed by atoms with Crippen LogP contribution in [0.25, 0.3) is 11.0 Å². The van der Waals surface area contributed by atoms with Gasteiger partial charge in [0.25, 0.3) is 5.91 Å². The molecular weight excluding hydrogens is 258 g/mol. The van der Waals surface area contributed by atoms with Crippen LogP contribution in [-0.4, -0.2) is 18.6 Å². The highest BCUT2D eigenvalue weighted by molar-refractivity contribution is 5.82. The lowest BCUT2D eigenvalue weighted by molar-refractivity contribution is -0.127. The third-order valence-electron chi connectivity index (χ3n) is 2.96. The van der Waals surface area contributed by atoms with Gasteiger partial charge < -0.3 is 14.5 Å². The quantitative estimate of drug-likeness (QED) is 0.867. The summed E-state index contributed by atoms with van der Waals surface area (Å²) in [6.45, 7) is 5.91. The molecule has 1 atom stereocenters.